The Bertz CT molecular complexity index is 364. The fourth-order valence-corrected chi connectivity index (χ4v) is 1.89. The van der Waals surface area contributed by atoms with E-state index >= 15 is 0 Å². The van der Waals surface area contributed by atoms with Crippen LogP contribution in [0.15, 0.2) is 16.7 Å². The summed E-state index contributed by atoms with van der Waals surface area (Å²) in [6.07, 6.45) is 3.79. The molecule has 0 saturated heterocycles. The van der Waals surface area contributed by atoms with Gasteiger partial charge in [0.2, 0.25) is 0 Å². The van der Waals surface area contributed by atoms with Crippen LogP contribution in [0.25, 0.3) is 0 Å². The average Bonchev–Trinajstić information content (AvgIpc) is 2.01. The van der Waals surface area contributed by atoms with E-state index in [0.29, 0.717) is 16.1 Å². The quantitative estimate of drug-likeness (QED) is 0.704. The van der Waals surface area contributed by atoms with Gasteiger partial charge in [-0.2, -0.15) is 5.26 Å². The number of nitrogens with zero attached hydrogens (tertiary/aromatic N) is 2. The first-order valence-corrected chi connectivity index (χ1v) is 5.17. The molecular formula is C10H9BrN2. The van der Waals surface area contributed by atoms with Crippen LogP contribution in [0.1, 0.15) is 36.4 Å². The molecule has 1 aliphatic carbocycles. The van der Waals surface area contributed by atoms with Crippen molar-refractivity contribution in [2.75, 3.05) is 0 Å². The Morgan fingerprint density at radius 3 is 2.69 bits per heavy atom. The maximum absolute atomic E-state index is 8.70. The molecular weight excluding hydrogens is 228 g/mol. The number of nitriles is 1. The fourth-order valence-electron chi connectivity index (χ4n) is 1.46. The molecule has 13 heavy (non-hydrogen) atoms. The predicted octanol–water partition coefficient (Wildman–Crippen LogP) is 2.98. The van der Waals surface area contributed by atoms with Gasteiger partial charge in [-0.15, -0.1) is 0 Å². The van der Waals surface area contributed by atoms with Crippen molar-refractivity contribution in [2.45, 2.75) is 25.2 Å². The van der Waals surface area contributed by atoms with Crippen LogP contribution < -0.4 is 0 Å². The van der Waals surface area contributed by atoms with Crippen LogP contribution in [0, 0.1) is 11.3 Å². The highest BCUT2D eigenvalue weighted by molar-refractivity contribution is 9.10. The number of aromatic nitrogens is 1. The maximum atomic E-state index is 8.70. The van der Waals surface area contributed by atoms with Crippen molar-refractivity contribution in [2.24, 2.45) is 0 Å². The smallest absolute Gasteiger partial charge is 0.124 e. The van der Waals surface area contributed by atoms with Crippen LogP contribution in [0.5, 0.6) is 0 Å². The van der Waals surface area contributed by atoms with E-state index in [1.807, 2.05) is 12.1 Å². The second-order valence-corrected chi connectivity index (χ2v) is 4.07. The SMILES string of the molecule is N#Cc1ccc(C2CCC2)nc1Br. The summed E-state index contributed by atoms with van der Waals surface area (Å²) in [5, 5.41) is 8.70. The van der Waals surface area contributed by atoms with E-state index in [4.69, 9.17) is 5.26 Å². The molecule has 0 amide bonds. The Kier molecular flexibility index (Phi) is 2.32. The zero-order valence-electron chi connectivity index (χ0n) is 7.13. The van der Waals surface area contributed by atoms with Gasteiger partial charge in [0.15, 0.2) is 0 Å². The normalized spacial score (nSPS) is 16.3. The van der Waals surface area contributed by atoms with Crippen LogP contribution in [0.2, 0.25) is 0 Å². The molecule has 0 spiro atoms. The maximum Gasteiger partial charge on any atom is 0.124 e. The van der Waals surface area contributed by atoms with Gasteiger partial charge in [-0.05, 0) is 40.9 Å². The van der Waals surface area contributed by atoms with Crippen LogP contribution in [0.4, 0.5) is 0 Å². The van der Waals surface area contributed by atoms with Crippen molar-refractivity contribution >= 4 is 15.9 Å². The van der Waals surface area contributed by atoms with Gasteiger partial charge < -0.3 is 0 Å². The van der Waals surface area contributed by atoms with Gasteiger partial charge in [0, 0.05) is 11.6 Å². The summed E-state index contributed by atoms with van der Waals surface area (Å²) in [7, 11) is 0. The van der Waals surface area contributed by atoms with Crippen LogP contribution in [-0.4, -0.2) is 4.98 Å². The molecule has 0 unspecified atom stereocenters. The third-order valence-electron chi connectivity index (χ3n) is 2.51. The Balaban J connectivity index is 2.30. The predicted molar refractivity (Wildman–Crippen MR) is 53.2 cm³/mol. The number of halogens is 1. The number of hydrogen-bond acceptors (Lipinski definition) is 2. The summed E-state index contributed by atoms with van der Waals surface area (Å²) in [5.74, 6) is 0.629. The molecule has 2 rings (SSSR count). The third kappa shape index (κ3) is 1.59. The average molecular weight is 237 g/mol. The molecule has 0 aliphatic heterocycles. The van der Waals surface area contributed by atoms with Gasteiger partial charge in [-0.3, -0.25) is 0 Å². The molecule has 0 N–H and O–H groups in total. The molecule has 1 aromatic heterocycles. The monoisotopic (exact) mass is 236 g/mol. The van der Waals surface area contributed by atoms with Crippen molar-refractivity contribution < 1.29 is 0 Å². The summed E-state index contributed by atoms with van der Waals surface area (Å²) in [5.41, 5.74) is 1.74. The molecule has 1 saturated carbocycles. The Morgan fingerprint density at radius 1 is 1.46 bits per heavy atom. The van der Waals surface area contributed by atoms with Gasteiger partial charge in [0.25, 0.3) is 0 Å². The second kappa shape index (κ2) is 3.47. The fraction of sp³-hybridized carbons (Fsp3) is 0.400. The van der Waals surface area contributed by atoms with Crippen molar-refractivity contribution in [1.82, 2.24) is 4.98 Å². The lowest BCUT2D eigenvalue weighted by atomic mass is 9.83. The van der Waals surface area contributed by atoms with Crippen molar-refractivity contribution in [3.63, 3.8) is 0 Å². The van der Waals surface area contributed by atoms with Crippen molar-refractivity contribution in [3.05, 3.63) is 28.0 Å². The lowest BCUT2D eigenvalue weighted by Gasteiger charge is -2.24. The standard InChI is InChI=1S/C10H9BrN2/c11-10-8(6-12)4-5-9(13-10)7-2-1-3-7/h4-5,7H,1-3H2. The van der Waals surface area contributed by atoms with E-state index in [0.717, 1.165) is 5.69 Å². The highest BCUT2D eigenvalue weighted by atomic mass is 79.9. The Hall–Kier alpha value is -0.880. The summed E-state index contributed by atoms with van der Waals surface area (Å²) in [4.78, 5) is 4.36. The third-order valence-corrected chi connectivity index (χ3v) is 3.12. The molecule has 0 aromatic carbocycles. The first-order valence-electron chi connectivity index (χ1n) is 4.38. The first-order chi connectivity index (χ1) is 6.31. The molecule has 1 heterocycles. The van der Waals surface area contributed by atoms with Crippen molar-refractivity contribution in [1.29, 1.82) is 5.26 Å². The summed E-state index contributed by atoms with van der Waals surface area (Å²) < 4.78 is 0.680. The van der Waals surface area contributed by atoms with E-state index in [1.54, 1.807) is 0 Å². The van der Waals surface area contributed by atoms with E-state index in [1.165, 1.54) is 19.3 Å². The topological polar surface area (TPSA) is 36.7 Å². The minimum atomic E-state index is 0.614. The lowest BCUT2D eigenvalue weighted by molar-refractivity contribution is 0.410. The van der Waals surface area contributed by atoms with E-state index < -0.39 is 0 Å². The number of pyridine rings is 1. The first kappa shape index (κ1) is 8.71. The zero-order valence-corrected chi connectivity index (χ0v) is 8.71. The van der Waals surface area contributed by atoms with Crippen LogP contribution >= 0.6 is 15.9 Å². The van der Waals surface area contributed by atoms with Gasteiger partial charge in [-0.25, -0.2) is 4.98 Å². The minimum Gasteiger partial charge on any atom is -0.244 e. The highest BCUT2D eigenvalue weighted by Gasteiger charge is 2.21. The molecule has 0 radical (unpaired) electrons. The van der Waals surface area contributed by atoms with Crippen LogP contribution in [0.3, 0.4) is 0 Å². The minimum absolute atomic E-state index is 0.614. The van der Waals surface area contributed by atoms with Gasteiger partial charge in [0.1, 0.15) is 10.7 Å². The van der Waals surface area contributed by atoms with Crippen molar-refractivity contribution in [3.8, 4) is 6.07 Å². The zero-order chi connectivity index (χ0) is 9.26. The summed E-state index contributed by atoms with van der Waals surface area (Å²) >= 11 is 3.30. The molecule has 0 atom stereocenters. The van der Waals surface area contributed by atoms with Gasteiger partial charge >= 0.3 is 0 Å². The number of hydrogen-bond donors (Lipinski definition) is 0. The lowest BCUT2D eigenvalue weighted by Crippen LogP contribution is -2.10. The molecule has 66 valence electrons. The van der Waals surface area contributed by atoms with E-state index in [-0.39, 0.29) is 0 Å². The molecule has 3 heteroatoms. The van der Waals surface area contributed by atoms with E-state index in [2.05, 4.69) is 27.0 Å². The molecule has 2 nitrogen and oxygen atoms in total. The van der Waals surface area contributed by atoms with E-state index in [9.17, 15) is 0 Å². The highest BCUT2D eigenvalue weighted by Crippen LogP contribution is 2.35. The second-order valence-electron chi connectivity index (χ2n) is 3.31. The largest absolute Gasteiger partial charge is 0.244 e. The molecule has 0 bridgehead atoms. The van der Waals surface area contributed by atoms with Gasteiger partial charge in [0.05, 0.1) is 5.56 Å². The number of rotatable bonds is 1. The Labute approximate surface area is 85.7 Å². The van der Waals surface area contributed by atoms with Gasteiger partial charge in [-0.1, -0.05) is 6.42 Å². The summed E-state index contributed by atoms with van der Waals surface area (Å²) in [6.45, 7) is 0. The Morgan fingerprint density at radius 2 is 2.23 bits per heavy atom. The molecule has 1 fully saturated rings. The molecule has 1 aliphatic rings. The molecule has 1 aromatic rings. The van der Waals surface area contributed by atoms with Crippen LogP contribution in [-0.2, 0) is 0 Å². The summed E-state index contributed by atoms with van der Waals surface area (Å²) in [6, 6.07) is 5.89.